The molecule has 0 aliphatic carbocycles. The summed E-state index contributed by atoms with van der Waals surface area (Å²) >= 11 is 0. The molecule has 4 nitrogen and oxygen atoms in total. The summed E-state index contributed by atoms with van der Waals surface area (Å²) in [5, 5.41) is 0. The zero-order chi connectivity index (χ0) is 14.0. The lowest BCUT2D eigenvalue weighted by Gasteiger charge is -2.12. The van der Waals surface area contributed by atoms with Gasteiger partial charge in [-0.1, -0.05) is 0 Å². The van der Waals surface area contributed by atoms with Crippen LogP contribution in [0.5, 0.6) is 5.75 Å². The average molecular weight is 313 g/mol. The van der Waals surface area contributed by atoms with Crippen LogP contribution in [0.2, 0.25) is 0 Å². The Balaban J connectivity index is 2.16. The SMILES string of the molecule is O=S(=O)(Cl)c1ccc(OCC2CCCO2)c(F)c1F. The van der Waals surface area contributed by atoms with Crippen molar-refractivity contribution in [1.82, 2.24) is 0 Å². The molecule has 1 aromatic carbocycles. The van der Waals surface area contributed by atoms with Crippen LogP contribution < -0.4 is 4.74 Å². The van der Waals surface area contributed by atoms with Gasteiger partial charge >= 0.3 is 0 Å². The Morgan fingerprint density at radius 2 is 2.11 bits per heavy atom. The number of hydrogen-bond donors (Lipinski definition) is 0. The summed E-state index contributed by atoms with van der Waals surface area (Å²) in [4.78, 5) is -0.906. The van der Waals surface area contributed by atoms with Crippen LogP contribution in [0.25, 0.3) is 0 Å². The van der Waals surface area contributed by atoms with Crippen LogP contribution in [-0.4, -0.2) is 27.7 Å². The molecule has 0 bridgehead atoms. The molecule has 19 heavy (non-hydrogen) atoms. The highest BCUT2D eigenvalue weighted by Gasteiger charge is 2.23. The Morgan fingerprint density at radius 3 is 2.68 bits per heavy atom. The second kappa shape index (κ2) is 5.60. The third kappa shape index (κ3) is 3.34. The van der Waals surface area contributed by atoms with Crippen molar-refractivity contribution in [1.29, 1.82) is 0 Å². The van der Waals surface area contributed by atoms with E-state index in [9.17, 15) is 17.2 Å². The van der Waals surface area contributed by atoms with Crippen LogP contribution in [-0.2, 0) is 13.8 Å². The molecule has 1 aliphatic heterocycles. The molecule has 0 amide bonds. The van der Waals surface area contributed by atoms with Crippen molar-refractivity contribution in [2.45, 2.75) is 23.8 Å². The van der Waals surface area contributed by atoms with E-state index in [2.05, 4.69) is 0 Å². The van der Waals surface area contributed by atoms with Gasteiger partial charge in [0.05, 0.1) is 6.10 Å². The topological polar surface area (TPSA) is 52.6 Å². The van der Waals surface area contributed by atoms with Crippen molar-refractivity contribution in [3.05, 3.63) is 23.8 Å². The number of ether oxygens (including phenoxy) is 2. The lowest BCUT2D eigenvalue weighted by molar-refractivity contribution is 0.0662. The van der Waals surface area contributed by atoms with Gasteiger partial charge in [-0.15, -0.1) is 0 Å². The van der Waals surface area contributed by atoms with Crippen LogP contribution >= 0.6 is 10.7 Å². The van der Waals surface area contributed by atoms with Gasteiger partial charge in [0.1, 0.15) is 11.5 Å². The summed E-state index contributed by atoms with van der Waals surface area (Å²) in [5.74, 6) is -3.28. The van der Waals surface area contributed by atoms with Crippen LogP contribution in [0.15, 0.2) is 17.0 Å². The smallest absolute Gasteiger partial charge is 0.264 e. The van der Waals surface area contributed by atoms with E-state index < -0.39 is 25.6 Å². The molecule has 1 atom stereocenters. The van der Waals surface area contributed by atoms with Crippen molar-refractivity contribution in [2.24, 2.45) is 0 Å². The molecule has 0 aromatic heterocycles. The molecule has 1 aromatic rings. The maximum atomic E-state index is 13.6. The molecule has 1 unspecified atom stereocenters. The standard InChI is InChI=1S/C11H11ClF2O4S/c12-19(15,16)9-4-3-8(10(13)11(9)14)18-6-7-2-1-5-17-7/h3-4,7H,1-2,5-6H2. The van der Waals surface area contributed by atoms with Crippen molar-refractivity contribution in [3.63, 3.8) is 0 Å². The van der Waals surface area contributed by atoms with Crippen molar-refractivity contribution < 1.29 is 26.7 Å². The fraction of sp³-hybridized carbons (Fsp3) is 0.455. The lowest BCUT2D eigenvalue weighted by Crippen LogP contribution is -2.17. The third-order valence-electron chi connectivity index (χ3n) is 2.72. The van der Waals surface area contributed by atoms with Crippen LogP contribution in [0.4, 0.5) is 8.78 Å². The maximum Gasteiger partial charge on any atom is 0.264 e. The van der Waals surface area contributed by atoms with E-state index in [0.717, 1.165) is 25.0 Å². The predicted octanol–water partition coefficient (Wildman–Crippen LogP) is 2.45. The van der Waals surface area contributed by atoms with Gasteiger partial charge in [-0.05, 0) is 25.0 Å². The highest BCUT2D eigenvalue weighted by Crippen LogP contribution is 2.28. The van der Waals surface area contributed by atoms with E-state index >= 15 is 0 Å². The third-order valence-corrected chi connectivity index (χ3v) is 4.06. The molecular formula is C11H11ClF2O4S. The molecule has 1 aliphatic rings. The van der Waals surface area contributed by atoms with Gasteiger partial charge in [-0.25, -0.2) is 12.8 Å². The molecule has 0 spiro atoms. The number of benzene rings is 1. The summed E-state index contributed by atoms with van der Waals surface area (Å²) in [7, 11) is 0.647. The minimum Gasteiger partial charge on any atom is -0.488 e. The first-order valence-electron chi connectivity index (χ1n) is 5.56. The predicted molar refractivity (Wildman–Crippen MR) is 63.9 cm³/mol. The molecule has 106 valence electrons. The monoisotopic (exact) mass is 312 g/mol. The molecular weight excluding hydrogens is 302 g/mol. The Morgan fingerprint density at radius 1 is 1.37 bits per heavy atom. The van der Waals surface area contributed by atoms with Gasteiger partial charge in [0.15, 0.2) is 11.6 Å². The number of rotatable bonds is 4. The maximum absolute atomic E-state index is 13.6. The fourth-order valence-corrected chi connectivity index (χ4v) is 2.66. The van der Waals surface area contributed by atoms with Gasteiger partial charge in [0.2, 0.25) is 5.82 Å². The Kier molecular flexibility index (Phi) is 4.27. The molecule has 1 saturated heterocycles. The summed E-state index contributed by atoms with van der Waals surface area (Å²) in [6.45, 7) is 0.706. The second-order valence-corrected chi connectivity index (χ2v) is 6.61. The van der Waals surface area contributed by atoms with E-state index in [1.54, 1.807) is 0 Å². The molecule has 1 heterocycles. The van der Waals surface area contributed by atoms with E-state index in [4.69, 9.17) is 20.2 Å². The fourth-order valence-electron chi connectivity index (χ4n) is 1.77. The Hall–Kier alpha value is -0.920. The van der Waals surface area contributed by atoms with Gasteiger partial charge in [0.25, 0.3) is 9.05 Å². The van der Waals surface area contributed by atoms with E-state index in [1.165, 1.54) is 0 Å². The van der Waals surface area contributed by atoms with Gasteiger partial charge in [-0.3, -0.25) is 0 Å². The minimum absolute atomic E-state index is 0.0866. The average Bonchev–Trinajstić information content (AvgIpc) is 2.82. The molecule has 2 rings (SSSR count). The Bertz CT molecular complexity index is 570. The second-order valence-electron chi connectivity index (χ2n) is 4.07. The van der Waals surface area contributed by atoms with E-state index in [-0.39, 0.29) is 18.5 Å². The minimum atomic E-state index is -4.33. The Labute approximate surface area is 113 Å². The molecule has 0 radical (unpaired) electrons. The highest BCUT2D eigenvalue weighted by molar-refractivity contribution is 8.13. The van der Waals surface area contributed by atoms with Crippen molar-refractivity contribution >= 4 is 19.7 Å². The van der Waals surface area contributed by atoms with Crippen molar-refractivity contribution in [3.8, 4) is 5.75 Å². The first-order valence-corrected chi connectivity index (χ1v) is 7.87. The number of hydrogen-bond acceptors (Lipinski definition) is 4. The van der Waals surface area contributed by atoms with Crippen LogP contribution in [0.3, 0.4) is 0 Å². The summed E-state index contributed by atoms with van der Waals surface area (Å²) in [6.07, 6.45) is 1.53. The zero-order valence-electron chi connectivity index (χ0n) is 9.74. The summed E-state index contributed by atoms with van der Waals surface area (Å²) < 4.78 is 59.4. The molecule has 0 saturated carbocycles. The van der Waals surface area contributed by atoms with Crippen molar-refractivity contribution in [2.75, 3.05) is 13.2 Å². The summed E-state index contributed by atoms with van der Waals surface area (Å²) in [6, 6.07) is 1.90. The first-order chi connectivity index (χ1) is 8.89. The molecule has 0 N–H and O–H groups in total. The van der Waals surface area contributed by atoms with Gasteiger partial charge in [-0.2, -0.15) is 4.39 Å². The largest absolute Gasteiger partial charge is 0.488 e. The first kappa shape index (κ1) is 14.5. The van der Waals surface area contributed by atoms with E-state index in [0.29, 0.717) is 6.61 Å². The summed E-state index contributed by atoms with van der Waals surface area (Å²) in [5.41, 5.74) is 0. The van der Waals surface area contributed by atoms with Crippen LogP contribution in [0, 0.1) is 11.6 Å². The normalized spacial score (nSPS) is 19.6. The van der Waals surface area contributed by atoms with Gasteiger partial charge in [0, 0.05) is 17.3 Å². The quantitative estimate of drug-likeness (QED) is 0.801. The molecule has 8 heteroatoms. The van der Waals surface area contributed by atoms with E-state index in [1.807, 2.05) is 0 Å². The zero-order valence-corrected chi connectivity index (χ0v) is 11.3. The lowest BCUT2D eigenvalue weighted by atomic mass is 10.2. The van der Waals surface area contributed by atoms with Gasteiger partial charge < -0.3 is 9.47 Å². The number of halogens is 3. The van der Waals surface area contributed by atoms with Crippen LogP contribution in [0.1, 0.15) is 12.8 Å². The highest BCUT2D eigenvalue weighted by atomic mass is 35.7. The molecule has 1 fully saturated rings.